The summed E-state index contributed by atoms with van der Waals surface area (Å²) >= 11 is 0. The van der Waals surface area contributed by atoms with Gasteiger partial charge in [0.1, 0.15) is 12.0 Å². The number of ether oxygens (including phenoxy) is 1. The minimum atomic E-state index is -0.388. The molecule has 1 heterocycles. The lowest BCUT2D eigenvalue weighted by molar-refractivity contribution is -0.0872. The maximum absolute atomic E-state index is 10.5. The van der Waals surface area contributed by atoms with Crippen LogP contribution in [-0.4, -0.2) is 36.9 Å². The van der Waals surface area contributed by atoms with E-state index in [2.05, 4.69) is 24.0 Å². The molecule has 0 aromatic heterocycles. The van der Waals surface area contributed by atoms with Gasteiger partial charge in [0.2, 0.25) is 0 Å². The highest BCUT2D eigenvalue weighted by molar-refractivity contribution is 5.43. The van der Waals surface area contributed by atoms with E-state index >= 15 is 0 Å². The van der Waals surface area contributed by atoms with Crippen molar-refractivity contribution in [2.75, 3.05) is 20.7 Å². The summed E-state index contributed by atoms with van der Waals surface area (Å²) in [7, 11) is 3.72. The Morgan fingerprint density at radius 2 is 2.22 bits per heavy atom. The number of aliphatic hydroxyl groups is 1. The molecule has 0 spiro atoms. The van der Waals surface area contributed by atoms with E-state index in [1.807, 2.05) is 13.1 Å². The second kappa shape index (κ2) is 3.97. The first-order valence-corrected chi connectivity index (χ1v) is 6.60. The first kappa shape index (κ1) is 12.0. The van der Waals surface area contributed by atoms with Crippen LogP contribution in [0, 0.1) is 5.92 Å². The molecule has 2 aliphatic rings. The van der Waals surface area contributed by atoms with Gasteiger partial charge in [0.25, 0.3) is 0 Å². The van der Waals surface area contributed by atoms with Crippen LogP contribution in [0.5, 0.6) is 5.75 Å². The molecule has 2 bridgehead atoms. The van der Waals surface area contributed by atoms with Crippen LogP contribution in [0.4, 0.5) is 0 Å². The summed E-state index contributed by atoms with van der Waals surface area (Å²) < 4.78 is 5.31. The number of likely N-dealkylation sites (tertiary alicyclic amines) is 1. The Kier molecular flexibility index (Phi) is 2.65. The molecule has 98 valence electrons. The van der Waals surface area contributed by atoms with Gasteiger partial charge in [-0.05, 0) is 49.1 Å². The number of benzene rings is 1. The van der Waals surface area contributed by atoms with Crippen LogP contribution in [0.1, 0.15) is 24.5 Å². The predicted molar refractivity (Wildman–Crippen MR) is 70.8 cm³/mol. The third-order valence-electron chi connectivity index (χ3n) is 4.68. The van der Waals surface area contributed by atoms with Crippen molar-refractivity contribution in [1.29, 1.82) is 0 Å². The number of hydrogen-bond donors (Lipinski definition) is 1. The van der Waals surface area contributed by atoms with Crippen molar-refractivity contribution in [2.24, 2.45) is 5.92 Å². The van der Waals surface area contributed by atoms with Gasteiger partial charge in [0.05, 0.1) is 7.11 Å². The van der Waals surface area contributed by atoms with Crippen LogP contribution in [0.3, 0.4) is 0 Å². The number of methoxy groups -OCH3 is 1. The van der Waals surface area contributed by atoms with E-state index in [9.17, 15) is 5.11 Å². The van der Waals surface area contributed by atoms with Crippen molar-refractivity contribution in [2.45, 2.75) is 31.4 Å². The van der Waals surface area contributed by atoms with Gasteiger partial charge >= 0.3 is 0 Å². The summed E-state index contributed by atoms with van der Waals surface area (Å²) in [6, 6.07) is 6.27. The van der Waals surface area contributed by atoms with Crippen molar-refractivity contribution < 1.29 is 9.84 Å². The molecule has 0 saturated carbocycles. The Morgan fingerprint density at radius 3 is 2.94 bits per heavy atom. The Hall–Kier alpha value is -1.06. The van der Waals surface area contributed by atoms with Crippen LogP contribution in [0.25, 0.3) is 0 Å². The first-order valence-electron chi connectivity index (χ1n) is 6.60. The fourth-order valence-electron chi connectivity index (χ4n) is 3.88. The molecule has 1 aromatic carbocycles. The molecule has 1 aromatic rings. The number of piperidine rings is 1. The van der Waals surface area contributed by atoms with Crippen molar-refractivity contribution >= 4 is 0 Å². The molecule has 3 atom stereocenters. The second-order valence-corrected chi connectivity index (χ2v) is 6.03. The molecule has 3 rings (SSSR count). The zero-order valence-electron chi connectivity index (χ0n) is 11.3. The SMILES string of the molecule is COc1ccc2c(c1)C[C@H]1CN(C)[C@@H](O)[C@]2(C)C1. The topological polar surface area (TPSA) is 32.7 Å². The lowest BCUT2D eigenvalue weighted by Gasteiger charge is -2.51. The molecule has 0 amide bonds. The first-order chi connectivity index (χ1) is 8.54. The van der Waals surface area contributed by atoms with Gasteiger partial charge in [-0.3, -0.25) is 4.90 Å². The van der Waals surface area contributed by atoms with Gasteiger partial charge in [-0.25, -0.2) is 0 Å². The Morgan fingerprint density at radius 1 is 1.44 bits per heavy atom. The average molecular weight is 247 g/mol. The van der Waals surface area contributed by atoms with Gasteiger partial charge in [-0.15, -0.1) is 0 Å². The minimum absolute atomic E-state index is 0.141. The molecule has 0 radical (unpaired) electrons. The van der Waals surface area contributed by atoms with Crippen LogP contribution < -0.4 is 4.74 Å². The monoisotopic (exact) mass is 247 g/mol. The fourth-order valence-corrected chi connectivity index (χ4v) is 3.88. The molecule has 1 fully saturated rings. The fraction of sp³-hybridized carbons (Fsp3) is 0.600. The summed E-state index contributed by atoms with van der Waals surface area (Å²) in [5.74, 6) is 1.56. The summed E-state index contributed by atoms with van der Waals surface area (Å²) in [4.78, 5) is 2.08. The Labute approximate surface area is 108 Å². The summed E-state index contributed by atoms with van der Waals surface area (Å²) in [5, 5.41) is 10.5. The number of hydrogen-bond acceptors (Lipinski definition) is 3. The number of fused-ring (bicyclic) bond motifs is 4. The molecule has 3 heteroatoms. The smallest absolute Gasteiger partial charge is 0.119 e. The molecule has 1 saturated heterocycles. The van der Waals surface area contributed by atoms with E-state index in [1.54, 1.807) is 7.11 Å². The van der Waals surface area contributed by atoms with Gasteiger partial charge < -0.3 is 9.84 Å². The zero-order chi connectivity index (χ0) is 12.9. The van der Waals surface area contributed by atoms with Crippen molar-refractivity contribution in [3.63, 3.8) is 0 Å². The van der Waals surface area contributed by atoms with E-state index in [0.717, 1.165) is 25.1 Å². The van der Waals surface area contributed by atoms with Gasteiger partial charge in [-0.1, -0.05) is 13.0 Å². The summed E-state index contributed by atoms with van der Waals surface area (Å²) in [6.07, 6.45) is 1.79. The summed E-state index contributed by atoms with van der Waals surface area (Å²) in [6.45, 7) is 3.16. The number of rotatable bonds is 1. The van der Waals surface area contributed by atoms with Gasteiger partial charge in [0, 0.05) is 12.0 Å². The summed E-state index contributed by atoms with van der Waals surface area (Å²) in [5.41, 5.74) is 2.50. The maximum atomic E-state index is 10.5. The number of aliphatic hydroxyl groups excluding tert-OH is 1. The Bertz CT molecular complexity index is 474. The second-order valence-electron chi connectivity index (χ2n) is 6.03. The van der Waals surface area contributed by atoms with Crippen molar-refractivity contribution in [3.8, 4) is 5.75 Å². The average Bonchev–Trinajstić information content (AvgIpc) is 2.35. The van der Waals surface area contributed by atoms with Crippen LogP contribution >= 0.6 is 0 Å². The molecule has 0 unspecified atom stereocenters. The van der Waals surface area contributed by atoms with E-state index in [4.69, 9.17) is 4.74 Å². The van der Waals surface area contributed by atoms with Crippen LogP contribution in [-0.2, 0) is 11.8 Å². The van der Waals surface area contributed by atoms with Gasteiger partial charge in [0.15, 0.2) is 0 Å². The van der Waals surface area contributed by atoms with Crippen LogP contribution in [0.2, 0.25) is 0 Å². The molecule has 3 nitrogen and oxygen atoms in total. The lowest BCUT2D eigenvalue weighted by Crippen LogP contribution is -2.57. The number of likely N-dealkylation sites (N-methyl/N-ethyl adjacent to an activating group) is 1. The molecular weight excluding hydrogens is 226 g/mol. The van der Waals surface area contributed by atoms with E-state index < -0.39 is 0 Å². The molecular formula is C15H21NO2. The molecule has 1 N–H and O–H groups in total. The standard InChI is InChI=1S/C15H21NO2/c1-15-8-10(9-16(2)14(15)17)6-11-7-12(18-3)4-5-13(11)15/h4-5,7,10,14,17H,6,8-9H2,1-3H3/t10-,14+,15-/m1/s1. The quantitative estimate of drug-likeness (QED) is 0.821. The highest BCUT2D eigenvalue weighted by atomic mass is 16.5. The normalized spacial score (nSPS) is 35.1. The zero-order valence-corrected chi connectivity index (χ0v) is 11.3. The van der Waals surface area contributed by atoms with Gasteiger partial charge in [-0.2, -0.15) is 0 Å². The highest BCUT2D eigenvalue weighted by Gasteiger charge is 2.47. The van der Waals surface area contributed by atoms with E-state index in [1.165, 1.54) is 11.1 Å². The van der Waals surface area contributed by atoms with Crippen LogP contribution in [0.15, 0.2) is 18.2 Å². The molecule has 1 aliphatic heterocycles. The maximum Gasteiger partial charge on any atom is 0.119 e. The highest BCUT2D eigenvalue weighted by Crippen LogP contribution is 2.46. The van der Waals surface area contributed by atoms with Crippen molar-refractivity contribution in [1.82, 2.24) is 4.90 Å². The molecule has 1 aliphatic carbocycles. The predicted octanol–water partition coefficient (Wildman–Crippen LogP) is 1.78. The third kappa shape index (κ3) is 1.57. The Balaban J connectivity index is 2.10. The van der Waals surface area contributed by atoms with E-state index in [-0.39, 0.29) is 11.6 Å². The lowest BCUT2D eigenvalue weighted by atomic mass is 9.63. The third-order valence-corrected chi connectivity index (χ3v) is 4.68. The minimum Gasteiger partial charge on any atom is -0.497 e. The number of nitrogens with zero attached hydrogens (tertiary/aromatic N) is 1. The largest absolute Gasteiger partial charge is 0.497 e. The molecule has 18 heavy (non-hydrogen) atoms. The van der Waals surface area contributed by atoms with E-state index in [0.29, 0.717) is 5.92 Å². The van der Waals surface area contributed by atoms with Crippen molar-refractivity contribution in [3.05, 3.63) is 29.3 Å².